The molecule has 0 unspecified atom stereocenters. The van der Waals surface area contributed by atoms with Crippen LogP contribution in [0.1, 0.15) is 79.1 Å². The molecular weight excluding hydrogens is 256 g/mol. The molecule has 0 spiro atoms. The van der Waals surface area contributed by atoms with Crippen molar-refractivity contribution in [3.63, 3.8) is 0 Å². The summed E-state index contributed by atoms with van der Waals surface area (Å²) in [6, 6.07) is 0. The Kier molecular flexibility index (Phi) is 6.14. The summed E-state index contributed by atoms with van der Waals surface area (Å²) in [6.07, 6.45) is 11.6. The molecule has 2 fully saturated rings. The first-order valence-corrected chi connectivity index (χ1v) is 9.40. The number of nitrogens with zero attached hydrogens (tertiary/aromatic N) is 1. The van der Waals surface area contributed by atoms with Crippen LogP contribution < -0.4 is 5.32 Å². The molecule has 2 aliphatic carbocycles. The average molecular weight is 295 g/mol. The molecule has 0 aromatic heterocycles. The van der Waals surface area contributed by atoms with Gasteiger partial charge in [0.15, 0.2) is 0 Å². The van der Waals surface area contributed by atoms with Gasteiger partial charge in [0.25, 0.3) is 0 Å². The standard InChI is InChI=1S/C19H38N2/c1-5-21(14-17-10-9-11-17)16-19(12-7-6-8-13-19)15-20-18(2,3)4/h17,20H,5-16H2,1-4H3. The van der Waals surface area contributed by atoms with Gasteiger partial charge < -0.3 is 10.2 Å². The highest BCUT2D eigenvalue weighted by Crippen LogP contribution is 2.38. The van der Waals surface area contributed by atoms with E-state index >= 15 is 0 Å². The zero-order chi connectivity index (χ0) is 15.3. The fourth-order valence-electron chi connectivity index (χ4n) is 3.97. The van der Waals surface area contributed by atoms with Crippen molar-refractivity contribution in [1.82, 2.24) is 10.2 Å². The van der Waals surface area contributed by atoms with Crippen molar-refractivity contribution < 1.29 is 0 Å². The van der Waals surface area contributed by atoms with E-state index in [1.807, 2.05) is 0 Å². The summed E-state index contributed by atoms with van der Waals surface area (Å²) in [4.78, 5) is 2.76. The van der Waals surface area contributed by atoms with Gasteiger partial charge in [0, 0.05) is 25.2 Å². The molecular formula is C19H38N2. The first kappa shape index (κ1) is 17.3. The van der Waals surface area contributed by atoms with Crippen molar-refractivity contribution >= 4 is 0 Å². The van der Waals surface area contributed by atoms with Gasteiger partial charge in [0.05, 0.1) is 0 Å². The third kappa shape index (κ3) is 5.56. The molecule has 2 rings (SSSR count). The van der Waals surface area contributed by atoms with E-state index in [0.29, 0.717) is 5.41 Å². The van der Waals surface area contributed by atoms with Crippen LogP contribution in [0.15, 0.2) is 0 Å². The Balaban J connectivity index is 1.92. The van der Waals surface area contributed by atoms with Crippen LogP contribution in [0.4, 0.5) is 0 Å². The van der Waals surface area contributed by atoms with E-state index in [4.69, 9.17) is 0 Å². The molecule has 1 N–H and O–H groups in total. The van der Waals surface area contributed by atoms with E-state index in [9.17, 15) is 0 Å². The lowest BCUT2D eigenvalue weighted by molar-refractivity contribution is 0.0776. The number of hydrogen-bond donors (Lipinski definition) is 1. The Labute approximate surface area is 133 Å². The van der Waals surface area contributed by atoms with E-state index in [2.05, 4.69) is 37.9 Å². The van der Waals surface area contributed by atoms with Crippen LogP contribution >= 0.6 is 0 Å². The summed E-state index contributed by atoms with van der Waals surface area (Å²) in [5, 5.41) is 3.82. The quantitative estimate of drug-likeness (QED) is 0.746. The molecule has 0 radical (unpaired) electrons. The average Bonchev–Trinajstić information content (AvgIpc) is 2.40. The smallest absolute Gasteiger partial charge is 0.00967 e. The third-order valence-electron chi connectivity index (χ3n) is 5.66. The van der Waals surface area contributed by atoms with Crippen molar-refractivity contribution in [3.8, 4) is 0 Å². The molecule has 2 aliphatic rings. The minimum absolute atomic E-state index is 0.246. The van der Waals surface area contributed by atoms with Gasteiger partial charge in [-0.25, -0.2) is 0 Å². The summed E-state index contributed by atoms with van der Waals surface area (Å²) < 4.78 is 0. The first-order valence-electron chi connectivity index (χ1n) is 9.40. The first-order chi connectivity index (χ1) is 9.92. The molecule has 21 heavy (non-hydrogen) atoms. The summed E-state index contributed by atoms with van der Waals surface area (Å²) in [5.74, 6) is 1.00. The molecule has 0 bridgehead atoms. The fourth-order valence-corrected chi connectivity index (χ4v) is 3.97. The Morgan fingerprint density at radius 3 is 2.19 bits per heavy atom. The molecule has 124 valence electrons. The molecule has 0 heterocycles. The fraction of sp³-hybridized carbons (Fsp3) is 1.00. The molecule has 0 saturated heterocycles. The second kappa shape index (κ2) is 7.46. The van der Waals surface area contributed by atoms with Crippen molar-refractivity contribution in [2.24, 2.45) is 11.3 Å². The van der Waals surface area contributed by atoms with Crippen LogP contribution in [0.3, 0.4) is 0 Å². The predicted molar refractivity (Wildman–Crippen MR) is 92.7 cm³/mol. The Bertz CT molecular complexity index is 295. The number of rotatable bonds is 7. The Hall–Kier alpha value is -0.0800. The van der Waals surface area contributed by atoms with Gasteiger partial charge in [-0.2, -0.15) is 0 Å². The molecule has 0 aromatic carbocycles. The monoisotopic (exact) mass is 294 g/mol. The van der Waals surface area contributed by atoms with Crippen molar-refractivity contribution in [2.75, 3.05) is 26.2 Å². The topological polar surface area (TPSA) is 15.3 Å². The van der Waals surface area contributed by atoms with Crippen LogP contribution in [0.25, 0.3) is 0 Å². The molecule has 0 atom stereocenters. The molecule has 2 nitrogen and oxygen atoms in total. The maximum atomic E-state index is 3.82. The van der Waals surface area contributed by atoms with Gasteiger partial charge >= 0.3 is 0 Å². The van der Waals surface area contributed by atoms with Crippen molar-refractivity contribution in [2.45, 2.75) is 84.6 Å². The minimum atomic E-state index is 0.246. The van der Waals surface area contributed by atoms with E-state index in [0.717, 1.165) is 5.92 Å². The second-order valence-electron chi connectivity index (χ2n) is 8.79. The van der Waals surface area contributed by atoms with Gasteiger partial charge in [-0.1, -0.05) is 32.6 Å². The van der Waals surface area contributed by atoms with Gasteiger partial charge in [0.1, 0.15) is 0 Å². The molecule has 2 saturated carbocycles. The number of hydrogen-bond acceptors (Lipinski definition) is 2. The highest BCUT2D eigenvalue weighted by molar-refractivity contribution is 4.90. The van der Waals surface area contributed by atoms with Gasteiger partial charge in [-0.15, -0.1) is 0 Å². The summed E-state index contributed by atoms with van der Waals surface area (Å²) in [7, 11) is 0. The van der Waals surface area contributed by atoms with Crippen LogP contribution in [0.5, 0.6) is 0 Å². The van der Waals surface area contributed by atoms with Gasteiger partial charge in [-0.3, -0.25) is 0 Å². The second-order valence-corrected chi connectivity index (χ2v) is 8.79. The molecule has 0 aromatic rings. The van der Waals surface area contributed by atoms with Gasteiger partial charge in [-0.05, 0) is 64.3 Å². The summed E-state index contributed by atoms with van der Waals surface area (Å²) >= 11 is 0. The summed E-state index contributed by atoms with van der Waals surface area (Å²) in [6.45, 7) is 14.4. The minimum Gasteiger partial charge on any atom is -0.311 e. The molecule has 0 amide bonds. The van der Waals surface area contributed by atoms with E-state index in [1.165, 1.54) is 77.5 Å². The maximum absolute atomic E-state index is 3.82. The number of nitrogens with one attached hydrogen (secondary N) is 1. The highest BCUT2D eigenvalue weighted by atomic mass is 15.1. The lowest BCUT2D eigenvalue weighted by atomic mass is 9.73. The van der Waals surface area contributed by atoms with E-state index in [-0.39, 0.29) is 5.54 Å². The van der Waals surface area contributed by atoms with Crippen molar-refractivity contribution in [3.05, 3.63) is 0 Å². The predicted octanol–water partition coefficient (Wildman–Crippen LogP) is 4.45. The largest absolute Gasteiger partial charge is 0.311 e. The lowest BCUT2D eigenvalue weighted by Gasteiger charge is -2.44. The third-order valence-corrected chi connectivity index (χ3v) is 5.66. The van der Waals surface area contributed by atoms with Crippen LogP contribution in [0, 0.1) is 11.3 Å². The van der Waals surface area contributed by atoms with Crippen LogP contribution in [0.2, 0.25) is 0 Å². The van der Waals surface area contributed by atoms with E-state index < -0.39 is 0 Å². The van der Waals surface area contributed by atoms with Crippen molar-refractivity contribution in [1.29, 1.82) is 0 Å². The SMILES string of the molecule is CCN(CC1CCC1)CC1(CNC(C)(C)C)CCCCC1. The zero-order valence-corrected chi connectivity index (χ0v) is 15.0. The van der Waals surface area contributed by atoms with Gasteiger partial charge in [0.2, 0.25) is 0 Å². The maximum Gasteiger partial charge on any atom is 0.00967 e. The zero-order valence-electron chi connectivity index (χ0n) is 15.0. The van der Waals surface area contributed by atoms with Crippen LogP contribution in [-0.4, -0.2) is 36.6 Å². The summed E-state index contributed by atoms with van der Waals surface area (Å²) in [5.41, 5.74) is 0.779. The Morgan fingerprint density at radius 1 is 1.05 bits per heavy atom. The van der Waals surface area contributed by atoms with Crippen LogP contribution in [-0.2, 0) is 0 Å². The Morgan fingerprint density at radius 2 is 1.71 bits per heavy atom. The molecule has 2 heteroatoms. The normalized spacial score (nSPS) is 23.3. The lowest BCUT2D eigenvalue weighted by Crippen LogP contribution is -2.50. The molecule has 0 aliphatic heterocycles. The van der Waals surface area contributed by atoms with E-state index in [1.54, 1.807) is 0 Å². The highest BCUT2D eigenvalue weighted by Gasteiger charge is 2.35.